The fourth-order valence-electron chi connectivity index (χ4n) is 3.98. The van der Waals surface area contributed by atoms with Crippen LogP contribution in [0.3, 0.4) is 0 Å². The van der Waals surface area contributed by atoms with E-state index in [1.54, 1.807) is 16.2 Å². The number of aliphatic hydroxyl groups is 1. The highest BCUT2D eigenvalue weighted by molar-refractivity contribution is 7.09. The maximum absolute atomic E-state index is 11.6. The first-order valence-corrected chi connectivity index (χ1v) is 10.8. The van der Waals surface area contributed by atoms with Crippen molar-refractivity contribution in [1.82, 2.24) is 9.88 Å². The van der Waals surface area contributed by atoms with Gasteiger partial charge in [0.15, 0.2) is 0 Å². The molecule has 5 nitrogen and oxygen atoms in total. The molecule has 0 bridgehead atoms. The van der Waals surface area contributed by atoms with Crippen molar-refractivity contribution in [3.63, 3.8) is 0 Å². The Morgan fingerprint density at radius 2 is 2.04 bits per heavy atom. The summed E-state index contributed by atoms with van der Waals surface area (Å²) < 4.78 is 0. The van der Waals surface area contributed by atoms with Crippen molar-refractivity contribution in [2.24, 2.45) is 5.41 Å². The maximum Gasteiger partial charge on any atom is 0.407 e. The van der Waals surface area contributed by atoms with Crippen LogP contribution in [0, 0.1) is 5.41 Å². The van der Waals surface area contributed by atoms with Gasteiger partial charge in [-0.15, -0.1) is 11.3 Å². The second-order valence-corrected chi connectivity index (χ2v) is 9.62. The molecule has 28 heavy (non-hydrogen) atoms. The summed E-state index contributed by atoms with van der Waals surface area (Å²) in [7, 11) is 0. The molecular formula is C22H30N2O3S. The molecule has 0 spiro atoms. The highest BCUT2D eigenvalue weighted by Gasteiger charge is 2.39. The number of aromatic nitrogens is 1. The lowest BCUT2D eigenvalue weighted by Gasteiger charge is -2.44. The van der Waals surface area contributed by atoms with Crippen LogP contribution in [-0.2, 0) is 6.42 Å². The van der Waals surface area contributed by atoms with Gasteiger partial charge in [0.05, 0.1) is 16.8 Å². The normalized spacial score (nSPS) is 21.5. The fourth-order valence-corrected chi connectivity index (χ4v) is 4.99. The van der Waals surface area contributed by atoms with Crippen LogP contribution in [0.2, 0.25) is 0 Å². The van der Waals surface area contributed by atoms with Gasteiger partial charge in [0.25, 0.3) is 0 Å². The van der Waals surface area contributed by atoms with E-state index in [0.717, 1.165) is 30.0 Å². The second kappa shape index (κ2) is 8.62. The van der Waals surface area contributed by atoms with E-state index < -0.39 is 12.2 Å². The molecule has 3 unspecified atom stereocenters. The molecule has 6 heteroatoms. The molecule has 1 saturated heterocycles. The van der Waals surface area contributed by atoms with Gasteiger partial charge >= 0.3 is 6.09 Å². The van der Waals surface area contributed by atoms with Crippen LogP contribution in [-0.4, -0.2) is 38.8 Å². The molecule has 1 fully saturated rings. The van der Waals surface area contributed by atoms with Gasteiger partial charge in [0.1, 0.15) is 0 Å². The van der Waals surface area contributed by atoms with Crippen molar-refractivity contribution < 1.29 is 15.0 Å². The monoisotopic (exact) mass is 402 g/mol. The first kappa shape index (κ1) is 20.8. The predicted octanol–water partition coefficient (Wildman–Crippen LogP) is 5.08. The number of hydrogen-bond acceptors (Lipinski definition) is 4. The van der Waals surface area contributed by atoms with Crippen molar-refractivity contribution in [2.45, 2.75) is 64.5 Å². The Bertz CT molecular complexity index is 785. The van der Waals surface area contributed by atoms with Crippen molar-refractivity contribution in [3.8, 4) is 0 Å². The van der Waals surface area contributed by atoms with Gasteiger partial charge in [-0.1, -0.05) is 51.1 Å². The van der Waals surface area contributed by atoms with Crippen LogP contribution >= 0.6 is 11.3 Å². The maximum atomic E-state index is 11.6. The summed E-state index contributed by atoms with van der Waals surface area (Å²) in [6.45, 7) is 6.82. The van der Waals surface area contributed by atoms with Crippen molar-refractivity contribution >= 4 is 17.4 Å². The number of piperidine rings is 1. The van der Waals surface area contributed by atoms with Crippen LogP contribution < -0.4 is 0 Å². The third-order valence-electron chi connectivity index (χ3n) is 5.63. The summed E-state index contributed by atoms with van der Waals surface area (Å²) in [6, 6.07) is 10.1. The number of hydrogen-bond donors (Lipinski definition) is 2. The zero-order chi connectivity index (χ0) is 20.3. The van der Waals surface area contributed by atoms with Gasteiger partial charge in [-0.3, -0.25) is 0 Å². The quantitative estimate of drug-likeness (QED) is 0.731. The van der Waals surface area contributed by atoms with E-state index in [1.165, 1.54) is 5.56 Å². The highest BCUT2D eigenvalue weighted by atomic mass is 32.1. The summed E-state index contributed by atoms with van der Waals surface area (Å²) in [5.41, 5.74) is 1.83. The average Bonchev–Trinajstić information content (AvgIpc) is 3.16. The third-order valence-corrected chi connectivity index (χ3v) is 6.65. The Labute approximate surface area is 171 Å². The number of nitrogens with zero attached hydrogens (tertiary/aromatic N) is 2. The number of amides is 1. The second-order valence-electron chi connectivity index (χ2n) is 8.73. The molecule has 0 saturated carbocycles. The number of carbonyl (C=O) groups is 1. The Morgan fingerprint density at radius 1 is 1.32 bits per heavy atom. The predicted molar refractivity (Wildman–Crippen MR) is 112 cm³/mol. The highest BCUT2D eigenvalue weighted by Crippen LogP contribution is 2.40. The molecule has 1 aliphatic rings. The number of likely N-dealkylation sites (tertiary alicyclic amines) is 1. The standard InChI is InChI=1S/C22H30N2O3S/c1-22(2,3)19-13-16(11-12-24(19)21(26)27)20-23-17(14-28-20)18(25)10-9-15-7-5-4-6-8-15/h4-8,14,16,18-19,25H,9-13H2,1-3H3,(H,26,27). The minimum absolute atomic E-state index is 0.0286. The smallest absolute Gasteiger partial charge is 0.407 e. The molecule has 152 valence electrons. The Hall–Kier alpha value is -1.92. The molecule has 1 aromatic carbocycles. The topological polar surface area (TPSA) is 73.7 Å². The van der Waals surface area contributed by atoms with Crippen LogP contribution in [0.15, 0.2) is 35.7 Å². The molecular weight excluding hydrogens is 372 g/mol. The molecule has 2 N–H and O–H groups in total. The Morgan fingerprint density at radius 3 is 2.68 bits per heavy atom. The van der Waals surface area contributed by atoms with E-state index in [9.17, 15) is 15.0 Å². The minimum Gasteiger partial charge on any atom is -0.465 e. The van der Waals surface area contributed by atoms with Gasteiger partial charge in [0, 0.05) is 23.9 Å². The molecule has 1 aromatic heterocycles. The molecule has 0 radical (unpaired) electrons. The van der Waals surface area contributed by atoms with Gasteiger partial charge in [-0.05, 0) is 36.7 Å². The van der Waals surface area contributed by atoms with E-state index in [-0.39, 0.29) is 17.4 Å². The number of aliphatic hydroxyl groups excluding tert-OH is 1. The van der Waals surface area contributed by atoms with E-state index in [4.69, 9.17) is 4.98 Å². The van der Waals surface area contributed by atoms with Crippen molar-refractivity contribution in [1.29, 1.82) is 0 Å². The first-order valence-electron chi connectivity index (χ1n) is 9.92. The molecule has 0 aliphatic carbocycles. The average molecular weight is 403 g/mol. The summed E-state index contributed by atoms with van der Waals surface area (Å²) >= 11 is 1.59. The molecule has 2 heterocycles. The largest absolute Gasteiger partial charge is 0.465 e. The van der Waals surface area contributed by atoms with E-state index in [0.29, 0.717) is 13.0 Å². The molecule has 3 rings (SSSR count). The number of aryl methyl sites for hydroxylation is 1. The zero-order valence-corrected chi connectivity index (χ0v) is 17.7. The lowest BCUT2D eigenvalue weighted by Crippen LogP contribution is -2.51. The van der Waals surface area contributed by atoms with Crippen LogP contribution in [0.4, 0.5) is 4.79 Å². The number of rotatable bonds is 5. The Kier molecular flexibility index (Phi) is 6.40. The lowest BCUT2D eigenvalue weighted by atomic mass is 9.77. The van der Waals surface area contributed by atoms with Crippen molar-refractivity contribution in [3.05, 3.63) is 52.0 Å². The summed E-state index contributed by atoms with van der Waals surface area (Å²) in [5, 5.41) is 23.1. The lowest BCUT2D eigenvalue weighted by molar-refractivity contribution is 0.0525. The van der Waals surface area contributed by atoms with Crippen LogP contribution in [0.25, 0.3) is 0 Å². The van der Waals surface area contributed by atoms with Crippen LogP contribution in [0.1, 0.15) is 68.3 Å². The molecule has 3 atom stereocenters. The van der Waals surface area contributed by atoms with E-state index in [2.05, 4.69) is 32.9 Å². The third kappa shape index (κ3) is 4.92. The van der Waals surface area contributed by atoms with Gasteiger partial charge < -0.3 is 15.1 Å². The Balaban J connectivity index is 1.65. The number of carboxylic acid groups (broad SMARTS) is 1. The number of thiazole rings is 1. The van der Waals surface area contributed by atoms with Gasteiger partial charge in [-0.25, -0.2) is 9.78 Å². The van der Waals surface area contributed by atoms with Gasteiger partial charge in [0.2, 0.25) is 0 Å². The van der Waals surface area contributed by atoms with Crippen LogP contribution in [0.5, 0.6) is 0 Å². The van der Waals surface area contributed by atoms with Crippen molar-refractivity contribution in [2.75, 3.05) is 6.54 Å². The van der Waals surface area contributed by atoms with Gasteiger partial charge in [-0.2, -0.15) is 0 Å². The summed E-state index contributed by atoms with van der Waals surface area (Å²) in [6.07, 6.45) is 1.62. The van der Waals surface area contributed by atoms with E-state index >= 15 is 0 Å². The SMILES string of the molecule is CC(C)(C)C1CC(c2nc(C(O)CCc3ccccc3)cs2)CCN1C(=O)O. The number of benzene rings is 1. The minimum atomic E-state index is -0.838. The molecule has 2 aromatic rings. The van der Waals surface area contributed by atoms with E-state index in [1.807, 2.05) is 23.6 Å². The fraction of sp³-hybridized carbons (Fsp3) is 0.545. The molecule has 1 aliphatic heterocycles. The summed E-state index contributed by atoms with van der Waals surface area (Å²) in [5.74, 6) is 0.250. The first-order chi connectivity index (χ1) is 13.3. The zero-order valence-electron chi connectivity index (χ0n) is 16.8. The molecule has 1 amide bonds. The summed E-state index contributed by atoms with van der Waals surface area (Å²) in [4.78, 5) is 17.9.